The number of hydrogen-bond donors (Lipinski definition) is 1. The van der Waals surface area contributed by atoms with E-state index in [1.165, 1.54) is 40.0 Å². The van der Waals surface area contributed by atoms with Gasteiger partial charge in [0.15, 0.2) is 6.19 Å². The molecule has 1 aliphatic heterocycles. The Bertz CT molecular complexity index is 1410. The number of hydrogen-bond acceptors (Lipinski definition) is 5. The number of nitro groups is 1. The van der Waals surface area contributed by atoms with Crippen LogP contribution in [0.2, 0.25) is 5.02 Å². The summed E-state index contributed by atoms with van der Waals surface area (Å²) in [5.74, 6) is 0.427. The number of nitro benzene ring substituents is 1. The third-order valence-electron chi connectivity index (χ3n) is 6.65. The zero-order valence-corrected chi connectivity index (χ0v) is 22.1. The predicted molar refractivity (Wildman–Crippen MR) is 147 cm³/mol. The molecule has 2 aromatic carbocycles. The molecule has 0 radical (unpaired) electrons. The van der Waals surface area contributed by atoms with Crippen molar-refractivity contribution in [2.45, 2.75) is 25.7 Å². The third kappa shape index (κ3) is 5.36. The monoisotopic (exact) mass is 576 g/mol. The molecule has 1 aliphatic carbocycles. The van der Waals surface area contributed by atoms with E-state index in [1.807, 2.05) is 23.4 Å². The smallest absolute Gasteiger partial charge is 0.269 e. The van der Waals surface area contributed by atoms with Crippen molar-refractivity contribution in [1.82, 2.24) is 15.2 Å². The second-order valence-electron chi connectivity index (χ2n) is 8.87. The van der Waals surface area contributed by atoms with Crippen LogP contribution >= 0.6 is 27.5 Å². The van der Waals surface area contributed by atoms with Crippen LogP contribution in [-0.2, 0) is 12.8 Å². The Morgan fingerprint density at radius 3 is 2.54 bits per heavy atom. The van der Waals surface area contributed by atoms with Crippen molar-refractivity contribution in [2.75, 3.05) is 13.1 Å². The Hall–Kier alpha value is -3.74. The van der Waals surface area contributed by atoms with Crippen molar-refractivity contribution < 1.29 is 4.92 Å². The van der Waals surface area contributed by atoms with Gasteiger partial charge in [0, 0.05) is 46.5 Å². The summed E-state index contributed by atoms with van der Waals surface area (Å²) in [4.78, 5) is 21.9. The van der Waals surface area contributed by atoms with E-state index in [4.69, 9.17) is 16.6 Å². The zero-order chi connectivity index (χ0) is 25.9. The molecule has 0 spiro atoms. The number of aliphatic imine (C=N–C) groups is 1. The molecule has 0 atom stereocenters. The van der Waals surface area contributed by atoms with Crippen LogP contribution in [0, 0.1) is 21.6 Å². The minimum atomic E-state index is -0.451. The van der Waals surface area contributed by atoms with E-state index in [1.54, 1.807) is 12.1 Å². The van der Waals surface area contributed by atoms with Crippen molar-refractivity contribution in [1.29, 1.82) is 5.26 Å². The standard InChI is InChI=1S/C27H22BrClN6O2/c28-20-13-19-2-1-18-14-21(29)3-8-24(18)25(26(19)31-15-20)17-9-11-34(12-10-17)27(32-16-30)33-22-4-6-23(7-5-22)35(36)37/h3-8,13-15H,1-2,9-12H2,(H,32,33). The van der Waals surface area contributed by atoms with Crippen LogP contribution in [0.15, 0.2) is 69.8 Å². The van der Waals surface area contributed by atoms with Gasteiger partial charge in [-0.05, 0) is 88.6 Å². The van der Waals surface area contributed by atoms with Gasteiger partial charge in [-0.15, -0.1) is 0 Å². The van der Waals surface area contributed by atoms with E-state index >= 15 is 0 Å². The molecule has 1 aromatic heterocycles. The van der Waals surface area contributed by atoms with Gasteiger partial charge < -0.3 is 4.90 Å². The van der Waals surface area contributed by atoms with Gasteiger partial charge in [-0.2, -0.15) is 5.26 Å². The number of non-ortho nitro benzene ring substituents is 1. The lowest BCUT2D eigenvalue weighted by Crippen LogP contribution is -2.42. The van der Waals surface area contributed by atoms with Crippen molar-refractivity contribution in [2.24, 2.45) is 4.99 Å². The van der Waals surface area contributed by atoms with E-state index in [-0.39, 0.29) is 5.69 Å². The Balaban J connectivity index is 1.47. The molecule has 2 heterocycles. The number of nitriles is 1. The average Bonchev–Trinajstić information content (AvgIpc) is 3.05. The van der Waals surface area contributed by atoms with Gasteiger partial charge in [0.25, 0.3) is 5.69 Å². The number of rotatable bonds is 2. The molecule has 1 saturated heterocycles. The maximum atomic E-state index is 10.9. The van der Waals surface area contributed by atoms with Crippen LogP contribution in [0.25, 0.3) is 5.57 Å². The number of fused-ring (bicyclic) bond motifs is 2. The first-order chi connectivity index (χ1) is 17.9. The fourth-order valence-electron chi connectivity index (χ4n) is 4.90. The predicted octanol–water partition coefficient (Wildman–Crippen LogP) is 6.16. The highest BCUT2D eigenvalue weighted by Gasteiger charge is 2.26. The van der Waals surface area contributed by atoms with Gasteiger partial charge in [-0.3, -0.25) is 20.4 Å². The number of benzene rings is 2. The summed E-state index contributed by atoms with van der Waals surface area (Å²) in [5, 5.41) is 23.7. The van der Waals surface area contributed by atoms with Gasteiger partial charge in [0.1, 0.15) is 0 Å². The van der Waals surface area contributed by atoms with Gasteiger partial charge >= 0.3 is 0 Å². The van der Waals surface area contributed by atoms with E-state index in [0.29, 0.717) is 24.7 Å². The molecule has 1 fully saturated rings. The number of likely N-dealkylation sites (tertiary alicyclic amines) is 1. The lowest BCUT2D eigenvalue weighted by atomic mass is 9.88. The molecular weight excluding hydrogens is 556 g/mol. The second kappa shape index (κ2) is 10.7. The lowest BCUT2D eigenvalue weighted by molar-refractivity contribution is -0.384. The van der Waals surface area contributed by atoms with Crippen molar-refractivity contribution in [3.8, 4) is 6.19 Å². The van der Waals surface area contributed by atoms with E-state index in [2.05, 4.69) is 44.4 Å². The maximum absolute atomic E-state index is 10.9. The van der Waals surface area contributed by atoms with Crippen molar-refractivity contribution in [3.05, 3.63) is 102 Å². The van der Waals surface area contributed by atoms with Gasteiger partial charge in [-0.25, -0.2) is 4.99 Å². The van der Waals surface area contributed by atoms with Crippen molar-refractivity contribution >= 4 is 50.4 Å². The Labute approximate surface area is 227 Å². The van der Waals surface area contributed by atoms with Crippen molar-refractivity contribution in [3.63, 3.8) is 0 Å². The summed E-state index contributed by atoms with van der Waals surface area (Å²) in [6.07, 6.45) is 7.15. The first kappa shape index (κ1) is 24.9. The second-order valence-corrected chi connectivity index (χ2v) is 10.2. The molecule has 8 nitrogen and oxygen atoms in total. The highest BCUT2D eigenvalue weighted by atomic mass is 79.9. The number of nitrogens with one attached hydrogen (secondary N) is 1. The largest absolute Gasteiger partial charge is 0.341 e. The third-order valence-corrected chi connectivity index (χ3v) is 7.32. The van der Waals surface area contributed by atoms with E-state index in [0.717, 1.165) is 40.9 Å². The van der Waals surface area contributed by atoms with Crippen LogP contribution < -0.4 is 5.32 Å². The first-order valence-electron chi connectivity index (χ1n) is 11.8. The highest BCUT2D eigenvalue weighted by Crippen LogP contribution is 2.39. The number of guanidine groups is 1. The zero-order valence-electron chi connectivity index (χ0n) is 19.7. The number of aromatic nitrogens is 1. The molecular formula is C27H22BrClN6O2. The Morgan fingerprint density at radius 1 is 1.11 bits per heavy atom. The molecule has 0 unspecified atom stereocenters. The van der Waals surface area contributed by atoms with Gasteiger partial charge in [0.05, 0.1) is 16.3 Å². The molecule has 37 heavy (non-hydrogen) atoms. The molecule has 0 amide bonds. The topological polar surface area (TPSA) is 107 Å². The quantitative estimate of drug-likeness (QED) is 0.0976. The molecule has 0 bridgehead atoms. The van der Waals surface area contributed by atoms with Crippen LogP contribution in [0.3, 0.4) is 0 Å². The lowest BCUT2D eigenvalue weighted by Gasteiger charge is -2.32. The Morgan fingerprint density at radius 2 is 1.84 bits per heavy atom. The van der Waals surface area contributed by atoms with Crippen LogP contribution in [0.5, 0.6) is 0 Å². The average molecular weight is 578 g/mol. The molecule has 1 N–H and O–H groups in total. The van der Waals surface area contributed by atoms with E-state index < -0.39 is 4.92 Å². The first-order valence-corrected chi connectivity index (χ1v) is 13.0. The summed E-state index contributed by atoms with van der Waals surface area (Å²) in [7, 11) is 0. The molecule has 2 aliphatic rings. The minimum absolute atomic E-state index is 0.00568. The van der Waals surface area contributed by atoms with Crippen LogP contribution in [0.4, 0.5) is 11.4 Å². The molecule has 10 heteroatoms. The molecule has 5 rings (SSSR count). The van der Waals surface area contributed by atoms with Crippen LogP contribution in [-0.4, -0.2) is 33.9 Å². The summed E-state index contributed by atoms with van der Waals surface area (Å²) in [5.41, 5.74) is 7.63. The number of piperidine rings is 1. The summed E-state index contributed by atoms with van der Waals surface area (Å²) in [6, 6.07) is 14.2. The molecule has 3 aromatic rings. The van der Waals surface area contributed by atoms with Crippen LogP contribution in [0.1, 0.15) is 35.2 Å². The Kier molecular flexibility index (Phi) is 7.22. The van der Waals surface area contributed by atoms with E-state index in [9.17, 15) is 15.4 Å². The number of aryl methyl sites for hydroxylation is 2. The molecule has 0 saturated carbocycles. The molecule has 186 valence electrons. The minimum Gasteiger partial charge on any atom is -0.341 e. The fourth-order valence-corrected chi connectivity index (χ4v) is 5.48. The number of halogens is 2. The fraction of sp³-hybridized carbons (Fsp3) is 0.222. The van der Waals surface area contributed by atoms with Gasteiger partial charge in [-0.1, -0.05) is 23.2 Å². The maximum Gasteiger partial charge on any atom is 0.269 e. The normalized spacial score (nSPS) is 15.4. The summed E-state index contributed by atoms with van der Waals surface area (Å²) < 4.78 is 0.962. The van der Waals surface area contributed by atoms with Gasteiger partial charge in [0.2, 0.25) is 5.96 Å². The number of pyridine rings is 1. The summed E-state index contributed by atoms with van der Waals surface area (Å²) >= 11 is 9.92. The number of nitrogens with zero attached hydrogens (tertiary/aromatic N) is 5. The summed E-state index contributed by atoms with van der Waals surface area (Å²) in [6.45, 7) is 1.32. The SMILES string of the molecule is N#CNC(=Nc1ccc([N+](=O)[O-])cc1)N1CCC(=C2c3ccc(Cl)cc3CCc3cc(Br)cnc32)CC1. The highest BCUT2D eigenvalue weighted by molar-refractivity contribution is 9.10.